The van der Waals surface area contributed by atoms with Crippen molar-refractivity contribution in [1.82, 2.24) is 9.97 Å². The molecule has 2 rings (SSSR count). The molecular formula is C8H9BrN4. The summed E-state index contributed by atoms with van der Waals surface area (Å²) in [6.45, 7) is 0. The van der Waals surface area contributed by atoms with Gasteiger partial charge in [0.05, 0.1) is 0 Å². The predicted octanol–water partition coefficient (Wildman–Crippen LogP) is 1.31. The Morgan fingerprint density at radius 1 is 1.62 bits per heavy atom. The van der Waals surface area contributed by atoms with E-state index >= 15 is 0 Å². The lowest BCUT2D eigenvalue weighted by Crippen LogP contribution is -2.38. The van der Waals surface area contributed by atoms with Crippen LogP contribution in [0.3, 0.4) is 0 Å². The van der Waals surface area contributed by atoms with Gasteiger partial charge in [0, 0.05) is 23.1 Å². The summed E-state index contributed by atoms with van der Waals surface area (Å²) in [5.74, 6) is 0.744. The van der Waals surface area contributed by atoms with Crippen LogP contribution in [0.5, 0.6) is 0 Å². The van der Waals surface area contributed by atoms with Crippen LogP contribution in [0.15, 0.2) is 35.2 Å². The number of hydrogen-bond acceptors (Lipinski definition) is 3. The molecule has 0 bridgehead atoms. The Hall–Kier alpha value is -1.07. The lowest BCUT2D eigenvalue weighted by molar-refractivity contribution is 0.786. The van der Waals surface area contributed by atoms with E-state index in [1.54, 1.807) is 12.4 Å². The molecule has 0 amide bonds. The molecule has 0 aromatic carbocycles. The summed E-state index contributed by atoms with van der Waals surface area (Å²) >= 11 is 3.38. The molecule has 4 nitrogen and oxygen atoms in total. The molecule has 68 valence electrons. The van der Waals surface area contributed by atoms with Gasteiger partial charge in [-0.1, -0.05) is 0 Å². The van der Waals surface area contributed by atoms with Gasteiger partial charge in [-0.3, -0.25) is 4.90 Å². The minimum Gasteiger partial charge on any atom is -0.331 e. The third kappa shape index (κ3) is 1.66. The maximum atomic E-state index is 5.85. The van der Waals surface area contributed by atoms with E-state index in [-0.39, 0.29) is 6.17 Å². The van der Waals surface area contributed by atoms with Crippen molar-refractivity contribution in [3.8, 4) is 0 Å². The molecule has 1 unspecified atom stereocenters. The topological polar surface area (TPSA) is 57.9 Å². The Labute approximate surface area is 84.3 Å². The highest BCUT2D eigenvalue weighted by molar-refractivity contribution is 9.11. The van der Waals surface area contributed by atoms with E-state index < -0.39 is 0 Å². The van der Waals surface area contributed by atoms with E-state index in [0.29, 0.717) is 0 Å². The summed E-state index contributed by atoms with van der Waals surface area (Å²) in [7, 11) is 0. The number of nitrogens with zero attached hydrogens (tertiary/aromatic N) is 2. The molecule has 0 saturated heterocycles. The number of hydrogen-bond donors (Lipinski definition) is 2. The lowest BCUT2D eigenvalue weighted by atomic mass is 10.3. The fraction of sp³-hybridized carbons (Fsp3) is 0.125. The molecule has 0 spiro atoms. The summed E-state index contributed by atoms with van der Waals surface area (Å²) in [5.41, 5.74) is 5.85. The highest BCUT2D eigenvalue weighted by Crippen LogP contribution is 2.19. The van der Waals surface area contributed by atoms with Crippen LogP contribution in [0.1, 0.15) is 0 Å². The minimum atomic E-state index is -0.160. The van der Waals surface area contributed by atoms with Gasteiger partial charge in [-0.25, -0.2) is 4.98 Å². The van der Waals surface area contributed by atoms with Gasteiger partial charge in [0.25, 0.3) is 0 Å². The number of anilines is 1. The van der Waals surface area contributed by atoms with Crippen molar-refractivity contribution in [3.63, 3.8) is 0 Å². The number of halogens is 1. The summed E-state index contributed by atoms with van der Waals surface area (Å²) in [6.07, 6.45) is 9.01. The van der Waals surface area contributed by atoms with Crippen molar-refractivity contribution in [2.24, 2.45) is 5.73 Å². The van der Waals surface area contributed by atoms with Crippen LogP contribution >= 0.6 is 15.9 Å². The van der Waals surface area contributed by atoms with Gasteiger partial charge >= 0.3 is 0 Å². The first-order valence-corrected chi connectivity index (χ1v) is 4.65. The average Bonchev–Trinajstić information content (AvgIpc) is 2.61. The third-order valence-electron chi connectivity index (χ3n) is 1.76. The van der Waals surface area contributed by atoms with Gasteiger partial charge in [-0.15, -0.1) is 0 Å². The fourth-order valence-corrected chi connectivity index (χ4v) is 1.52. The largest absolute Gasteiger partial charge is 0.331 e. The number of H-pyrrole nitrogens is 1. The van der Waals surface area contributed by atoms with Crippen molar-refractivity contribution in [2.45, 2.75) is 6.17 Å². The maximum Gasteiger partial charge on any atom is 0.208 e. The molecule has 1 atom stereocenters. The molecule has 0 aliphatic carbocycles. The molecule has 1 aliphatic rings. The van der Waals surface area contributed by atoms with E-state index in [9.17, 15) is 0 Å². The zero-order valence-corrected chi connectivity index (χ0v) is 8.40. The molecule has 1 aromatic heterocycles. The van der Waals surface area contributed by atoms with Crippen LogP contribution in [0.2, 0.25) is 0 Å². The lowest BCUT2D eigenvalue weighted by Gasteiger charge is -2.25. The molecule has 2 heterocycles. The number of aromatic amines is 1. The van der Waals surface area contributed by atoms with Gasteiger partial charge in [0.15, 0.2) is 0 Å². The van der Waals surface area contributed by atoms with E-state index in [0.717, 1.165) is 10.4 Å². The molecule has 3 N–H and O–H groups in total. The second-order valence-corrected chi connectivity index (χ2v) is 3.60. The number of imidazole rings is 1. The molecule has 5 heteroatoms. The van der Waals surface area contributed by atoms with Crippen molar-refractivity contribution in [1.29, 1.82) is 0 Å². The van der Waals surface area contributed by atoms with Crippen LogP contribution < -0.4 is 10.6 Å². The Morgan fingerprint density at radius 3 is 3.15 bits per heavy atom. The molecule has 13 heavy (non-hydrogen) atoms. The molecule has 1 aliphatic heterocycles. The van der Waals surface area contributed by atoms with Crippen LogP contribution in [-0.4, -0.2) is 16.1 Å². The first-order valence-electron chi connectivity index (χ1n) is 3.86. The van der Waals surface area contributed by atoms with Crippen molar-refractivity contribution in [3.05, 3.63) is 35.2 Å². The molecular weight excluding hydrogens is 232 g/mol. The quantitative estimate of drug-likeness (QED) is 0.779. The van der Waals surface area contributed by atoms with Gasteiger partial charge in [0.2, 0.25) is 5.95 Å². The number of nitrogens with one attached hydrogen (secondary N) is 1. The smallest absolute Gasteiger partial charge is 0.208 e. The second-order valence-electron chi connectivity index (χ2n) is 2.68. The first-order chi connectivity index (χ1) is 6.27. The maximum absolute atomic E-state index is 5.85. The van der Waals surface area contributed by atoms with Gasteiger partial charge in [0.1, 0.15) is 6.17 Å². The molecule has 0 radical (unpaired) electrons. The molecule has 0 saturated carbocycles. The van der Waals surface area contributed by atoms with E-state index in [2.05, 4.69) is 25.9 Å². The van der Waals surface area contributed by atoms with Gasteiger partial charge in [-0.05, 0) is 28.1 Å². The number of allylic oxidation sites excluding steroid dienone is 2. The van der Waals surface area contributed by atoms with Crippen LogP contribution in [-0.2, 0) is 0 Å². The van der Waals surface area contributed by atoms with Crippen LogP contribution in [0.4, 0.5) is 5.95 Å². The van der Waals surface area contributed by atoms with Crippen LogP contribution in [0, 0.1) is 0 Å². The Balaban J connectivity index is 2.29. The van der Waals surface area contributed by atoms with Gasteiger partial charge in [-0.2, -0.15) is 0 Å². The number of aromatic nitrogens is 2. The zero-order chi connectivity index (χ0) is 9.26. The van der Waals surface area contributed by atoms with E-state index in [1.807, 2.05) is 23.3 Å². The summed E-state index contributed by atoms with van der Waals surface area (Å²) in [6, 6.07) is 0. The number of rotatable bonds is 1. The highest BCUT2D eigenvalue weighted by atomic mass is 79.9. The fourth-order valence-electron chi connectivity index (χ4n) is 1.15. The molecule has 1 aromatic rings. The molecule has 0 fully saturated rings. The predicted molar refractivity (Wildman–Crippen MR) is 55.2 cm³/mol. The SMILES string of the molecule is NC1C=CC(Br)=CN1c1ncc[nH]1. The minimum absolute atomic E-state index is 0.160. The summed E-state index contributed by atoms with van der Waals surface area (Å²) in [4.78, 5) is 8.96. The van der Waals surface area contributed by atoms with Crippen molar-refractivity contribution < 1.29 is 0 Å². The van der Waals surface area contributed by atoms with Gasteiger partial charge < -0.3 is 10.7 Å². The zero-order valence-electron chi connectivity index (χ0n) is 6.81. The highest BCUT2D eigenvalue weighted by Gasteiger charge is 2.15. The Kier molecular flexibility index (Phi) is 2.20. The second kappa shape index (κ2) is 3.35. The van der Waals surface area contributed by atoms with E-state index in [1.165, 1.54) is 0 Å². The summed E-state index contributed by atoms with van der Waals surface area (Å²) < 4.78 is 0.977. The number of nitrogens with two attached hydrogens (primary N) is 1. The first kappa shape index (κ1) is 8.52. The Morgan fingerprint density at radius 2 is 2.46 bits per heavy atom. The normalized spacial score (nSPS) is 21.8. The summed E-state index contributed by atoms with van der Waals surface area (Å²) in [5, 5.41) is 0. The van der Waals surface area contributed by atoms with Crippen molar-refractivity contribution in [2.75, 3.05) is 4.90 Å². The van der Waals surface area contributed by atoms with E-state index in [4.69, 9.17) is 5.73 Å². The monoisotopic (exact) mass is 240 g/mol. The standard InChI is InChI=1S/C8H9BrN4/c9-6-1-2-7(10)13(5-6)8-11-3-4-12-8/h1-5,7H,10H2,(H,11,12). The van der Waals surface area contributed by atoms with Crippen LogP contribution in [0.25, 0.3) is 0 Å². The Bertz CT molecular complexity index is 341. The average molecular weight is 241 g/mol. The third-order valence-corrected chi connectivity index (χ3v) is 2.23. The van der Waals surface area contributed by atoms with Crippen molar-refractivity contribution >= 4 is 21.9 Å².